The van der Waals surface area contributed by atoms with E-state index in [1.807, 2.05) is 45.0 Å². The number of hydrogen-bond acceptors (Lipinski definition) is 8. The predicted molar refractivity (Wildman–Crippen MR) is 151 cm³/mol. The first kappa shape index (κ1) is 29.4. The number of likely N-dealkylation sites (tertiary alicyclic amines) is 1. The zero-order valence-corrected chi connectivity index (χ0v) is 25.5. The maximum Gasteiger partial charge on any atom is 0.410 e. The number of halogens is 1. The molecule has 38 heavy (non-hydrogen) atoms. The lowest BCUT2D eigenvalue weighted by molar-refractivity contribution is -0.191. The normalized spacial score (nSPS) is 27.9. The zero-order valence-electron chi connectivity index (χ0n) is 23.3. The Kier molecular flexibility index (Phi) is 8.86. The number of likely N-dealkylation sites (N-methyl/N-ethyl adjacent to an activating group) is 1. The van der Waals surface area contributed by atoms with Crippen molar-refractivity contribution < 1.29 is 33.3 Å². The molecule has 10 heteroatoms. The van der Waals surface area contributed by atoms with Gasteiger partial charge in [0.15, 0.2) is 5.79 Å². The molecule has 4 atom stereocenters. The average Bonchev–Trinajstić information content (AvgIpc) is 3.49. The highest BCUT2D eigenvalue weighted by Crippen LogP contribution is 2.52. The summed E-state index contributed by atoms with van der Waals surface area (Å²) >= 11 is 2.50. The van der Waals surface area contributed by atoms with Gasteiger partial charge in [-0.05, 0) is 57.7 Å². The molecule has 1 saturated carbocycles. The molecule has 1 unspecified atom stereocenters. The maximum atomic E-state index is 13.4. The van der Waals surface area contributed by atoms with E-state index in [0.717, 1.165) is 37.0 Å². The fraction of sp³-hybridized carbons (Fsp3) is 0.714. The Labute approximate surface area is 239 Å². The summed E-state index contributed by atoms with van der Waals surface area (Å²) in [5.74, 6) is -0.0751. The van der Waals surface area contributed by atoms with E-state index in [1.165, 1.54) is 7.11 Å². The number of carbonyl (C=O) groups is 2. The van der Waals surface area contributed by atoms with Gasteiger partial charge in [0.1, 0.15) is 17.4 Å². The first-order valence-electron chi connectivity index (χ1n) is 13.3. The van der Waals surface area contributed by atoms with Crippen LogP contribution < -0.4 is 4.74 Å². The number of ether oxygens (including phenoxy) is 5. The lowest BCUT2D eigenvalue weighted by Gasteiger charge is -2.51. The van der Waals surface area contributed by atoms with Gasteiger partial charge < -0.3 is 28.6 Å². The predicted octanol–water partition coefficient (Wildman–Crippen LogP) is 4.19. The summed E-state index contributed by atoms with van der Waals surface area (Å²) in [4.78, 5) is 30.4. The van der Waals surface area contributed by atoms with Crippen molar-refractivity contribution in [2.24, 2.45) is 0 Å². The number of benzene rings is 1. The molecule has 0 aromatic heterocycles. The van der Waals surface area contributed by atoms with Gasteiger partial charge in [-0.2, -0.15) is 0 Å². The zero-order chi connectivity index (χ0) is 27.7. The fourth-order valence-corrected chi connectivity index (χ4v) is 7.66. The van der Waals surface area contributed by atoms with E-state index in [0.29, 0.717) is 26.2 Å². The number of rotatable bonds is 6. The van der Waals surface area contributed by atoms with E-state index >= 15 is 0 Å². The monoisotopic (exact) mass is 644 g/mol. The van der Waals surface area contributed by atoms with Crippen molar-refractivity contribution in [3.63, 3.8) is 0 Å². The number of carbonyl (C=O) groups excluding carboxylic acids is 2. The molecular weight excluding hydrogens is 603 g/mol. The number of esters is 1. The number of alkyl halides is 1. The Morgan fingerprint density at radius 3 is 2.34 bits per heavy atom. The summed E-state index contributed by atoms with van der Waals surface area (Å²) in [5, 5.41) is 0. The van der Waals surface area contributed by atoms with Crippen LogP contribution in [0.25, 0.3) is 0 Å². The molecule has 212 valence electrons. The highest BCUT2D eigenvalue weighted by Gasteiger charge is 2.60. The highest BCUT2D eigenvalue weighted by atomic mass is 127. The van der Waals surface area contributed by atoms with Crippen molar-refractivity contribution in [1.82, 2.24) is 9.80 Å². The van der Waals surface area contributed by atoms with Gasteiger partial charge in [-0.15, -0.1) is 0 Å². The van der Waals surface area contributed by atoms with Crippen LogP contribution in [0.15, 0.2) is 24.3 Å². The van der Waals surface area contributed by atoms with Crippen LogP contribution in [0, 0.1) is 0 Å². The molecule has 0 radical (unpaired) electrons. The third kappa shape index (κ3) is 6.08. The van der Waals surface area contributed by atoms with Crippen LogP contribution >= 0.6 is 22.6 Å². The van der Waals surface area contributed by atoms with Crippen molar-refractivity contribution in [2.45, 2.75) is 85.8 Å². The third-order valence-electron chi connectivity index (χ3n) is 8.06. The first-order chi connectivity index (χ1) is 17.9. The van der Waals surface area contributed by atoms with Crippen LogP contribution in [-0.4, -0.2) is 95.8 Å². The second-order valence-electron chi connectivity index (χ2n) is 11.6. The summed E-state index contributed by atoms with van der Waals surface area (Å²) in [5.41, 5.74) is 0.0812. The van der Waals surface area contributed by atoms with E-state index in [1.54, 1.807) is 19.1 Å². The lowest BCUT2D eigenvalue weighted by atomic mass is 9.75. The van der Waals surface area contributed by atoms with E-state index < -0.39 is 17.4 Å². The average molecular weight is 645 g/mol. The van der Waals surface area contributed by atoms with Gasteiger partial charge in [-0.3, -0.25) is 9.69 Å². The molecule has 1 aromatic rings. The van der Waals surface area contributed by atoms with Crippen LogP contribution in [0.2, 0.25) is 0 Å². The quantitative estimate of drug-likeness (QED) is 0.259. The van der Waals surface area contributed by atoms with E-state index in [-0.39, 0.29) is 27.6 Å². The van der Waals surface area contributed by atoms with Crippen molar-refractivity contribution in [2.75, 3.05) is 41.0 Å². The lowest BCUT2D eigenvalue weighted by Crippen LogP contribution is -2.62. The van der Waals surface area contributed by atoms with Crippen molar-refractivity contribution in [3.8, 4) is 5.75 Å². The van der Waals surface area contributed by atoms with E-state index in [9.17, 15) is 9.59 Å². The maximum absolute atomic E-state index is 13.4. The second-order valence-corrected chi connectivity index (χ2v) is 13.1. The number of methoxy groups -OCH3 is 2. The molecule has 0 bridgehead atoms. The molecule has 9 nitrogen and oxygen atoms in total. The molecule has 1 aliphatic carbocycles. The van der Waals surface area contributed by atoms with Crippen LogP contribution in [0.5, 0.6) is 5.75 Å². The Balaban J connectivity index is 1.66. The van der Waals surface area contributed by atoms with Crippen LogP contribution in [-0.2, 0) is 30.2 Å². The van der Waals surface area contributed by atoms with Crippen molar-refractivity contribution in [3.05, 3.63) is 29.8 Å². The van der Waals surface area contributed by atoms with Crippen molar-refractivity contribution in [1.29, 1.82) is 0 Å². The van der Waals surface area contributed by atoms with Crippen molar-refractivity contribution >= 4 is 34.7 Å². The highest BCUT2D eigenvalue weighted by molar-refractivity contribution is 14.1. The van der Waals surface area contributed by atoms with Crippen LogP contribution in [0.4, 0.5) is 4.79 Å². The molecule has 4 rings (SSSR count). The van der Waals surface area contributed by atoms with Gasteiger partial charge in [0.05, 0.1) is 27.4 Å². The molecule has 1 amide bonds. The smallest absolute Gasteiger partial charge is 0.410 e. The molecular formula is C28H41IN2O7. The standard InChI is InChI=1S/C28H41IN2O7/c1-26(2,3)38-25(33)30(4)20-16-27(11-12-28(17-23(27)29)36-13-14-37-28)31(18-20)22(24(32)35-6)15-19-7-9-21(34-5)10-8-19/h7-10,20,22-23H,11-18H2,1-6H3/t20-,22-,23?,27+/m0/s1. The van der Waals surface area contributed by atoms with Crippen LogP contribution in [0.3, 0.4) is 0 Å². The molecule has 2 heterocycles. The molecule has 3 aliphatic rings. The summed E-state index contributed by atoms with van der Waals surface area (Å²) in [6, 6.07) is 7.15. The van der Waals surface area contributed by atoms with Gasteiger partial charge in [-0.25, -0.2) is 4.79 Å². The summed E-state index contributed by atoms with van der Waals surface area (Å²) < 4.78 is 28.6. The number of hydrogen-bond donors (Lipinski definition) is 0. The summed E-state index contributed by atoms with van der Waals surface area (Å²) in [7, 11) is 4.87. The van der Waals surface area contributed by atoms with E-state index in [4.69, 9.17) is 23.7 Å². The van der Waals surface area contributed by atoms with Gasteiger partial charge >= 0.3 is 12.1 Å². The largest absolute Gasteiger partial charge is 0.497 e. The fourth-order valence-electron chi connectivity index (χ4n) is 6.06. The minimum atomic E-state index is -0.593. The Morgan fingerprint density at radius 2 is 1.79 bits per heavy atom. The summed E-state index contributed by atoms with van der Waals surface area (Å²) in [6.45, 7) is 7.35. The minimum Gasteiger partial charge on any atom is -0.497 e. The number of amides is 1. The molecule has 0 N–H and O–H groups in total. The Bertz CT molecular complexity index is 992. The Morgan fingerprint density at radius 1 is 1.13 bits per heavy atom. The molecule has 2 spiro atoms. The van der Waals surface area contributed by atoms with Gasteiger partial charge in [0, 0.05) is 41.9 Å². The molecule has 2 saturated heterocycles. The topological polar surface area (TPSA) is 86.8 Å². The number of nitrogens with zero attached hydrogens (tertiary/aromatic N) is 2. The Hall–Kier alpha value is -1.63. The SMILES string of the molecule is COC(=O)[C@H](Cc1ccc(OC)cc1)N1C[C@@H](N(C)C(=O)OC(C)(C)C)C[C@@]12CCC1(CC2I)OCCO1. The first-order valence-corrected chi connectivity index (χ1v) is 14.5. The molecule has 1 aromatic carbocycles. The second kappa shape index (κ2) is 11.5. The van der Waals surface area contributed by atoms with Crippen LogP contribution in [0.1, 0.15) is 52.0 Å². The molecule has 2 aliphatic heterocycles. The van der Waals surface area contributed by atoms with Gasteiger partial charge in [0.25, 0.3) is 0 Å². The van der Waals surface area contributed by atoms with Gasteiger partial charge in [-0.1, -0.05) is 34.7 Å². The van der Waals surface area contributed by atoms with E-state index in [2.05, 4.69) is 27.5 Å². The summed E-state index contributed by atoms with van der Waals surface area (Å²) in [6.07, 6.45) is 3.11. The third-order valence-corrected chi connectivity index (χ3v) is 9.66. The minimum absolute atomic E-state index is 0.121. The van der Waals surface area contributed by atoms with Gasteiger partial charge in [0.2, 0.25) is 0 Å². The molecule has 3 fully saturated rings.